The van der Waals surface area contributed by atoms with Crippen molar-refractivity contribution < 1.29 is 0 Å². The van der Waals surface area contributed by atoms with Crippen molar-refractivity contribution in [2.45, 2.75) is 66.5 Å². The van der Waals surface area contributed by atoms with Gasteiger partial charge < -0.3 is 0 Å². The highest BCUT2D eigenvalue weighted by molar-refractivity contribution is 4.93. The van der Waals surface area contributed by atoms with Gasteiger partial charge in [0.25, 0.3) is 0 Å². The van der Waals surface area contributed by atoms with E-state index < -0.39 is 0 Å². The van der Waals surface area contributed by atoms with Crippen LogP contribution in [0.5, 0.6) is 0 Å². The molecular weight excluding hydrogens is 170 g/mol. The van der Waals surface area contributed by atoms with Crippen molar-refractivity contribution in [2.75, 3.05) is 6.54 Å². The van der Waals surface area contributed by atoms with Crippen molar-refractivity contribution in [3.05, 3.63) is 0 Å². The predicted molar refractivity (Wildman–Crippen MR) is 63.5 cm³/mol. The summed E-state index contributed by atoms with van der Waals surface area (Å²) in [7, 11) is 0. The summed E-state index contributed by atoms with van der Waals surface area (Å²) in [6.45, 7) is 15.4. The molecule has 1 rings (SSSR count). The van der Waals surface area contributed by atoms with Crippen molar-refractivity contribution in [1.82, 2.24) is 4.90 Å². The number of likely N-dealkylation sites (tertiary alicyclic amines) is 1. The Hall–Kier alpha value is -0.0400. The summed E-state index contributed by atoms with van der Waals surface area (Å²) in [5.74, 6) is 0.932. The van der Waals surface area contributed by atoms with Gasteiger partial charge in [-0.2, -0.15) is 0 Å². The summed E-state index contributed by atoms with van der Waals surface area (Å²) in [6.07, 6.45) is 2.74. The molecule has 1 nitrogen and oxygen atoms in total. The first kappa shape index (κ1) is 12.0. The molecule has 1 fully saturated rings. The van der Waals surface area contributed by atoms with Gasteiger partial charge in [-0.25, -0.2) is 0 Å². The summed E-state index contributed by atoms with van der Waals surface area (Å²) >= 11 is 0. The first-order chi connectivity index (χ1) is 6.36. The van der Waals surface area contributed by atoms with Crippen LogP contribution < -0.4 is 0 Å². The van der Waals surface area contributed by atoms with Gasteiger partial charge in [-0.1, -0.05) is 34.1 Å². The molecule has 0 bridgehead atoms. The maximum Gasteiger partial charge on any atom is 0.0150 e. The number of hydrogen-bond acceptors (Lipinski definition) is 1. The molecule has 2 atom stereocenters. The van der Waals surface area contributed by atoms with Gasteiger partial charge in [0.1, 0.15) is 0 Å². The van der Waals surface area contributed by atoms with E-state index in [1.165, 1.54) is 19.4 Å². The Morgan fingerprint density at radius 2 is 1.86 bits per heavy atom. The fourth-order valence-electron chi connectivity index (χ4n) is 2.67. The Morgan fingerprint density at radius 3 is 2.14 bits per heavy atom. The first-order valence-corrected chi connectivity index (χ1v) is 6.12. The average molecular weight is 197 g/mol. The maximum absolute atomic E-state index is 2.70. The quantitative estimate of drug-likeness (QED) is 0.654. The van der Waals surface area contributed by atoms with Gasteiger partial charge in [0.2, 0.25) is 0 Å². The molecule has 0 aromatic carbocycles. The Labute approximate surface area is 89.9 Å². The minimum atomic E-state index is 0.439. The summed E-state index contributed by atoms with van der Waals surface area (Å²) in [6, 6.07) is 1.49. The van der Waals surface area contributed by atoms with Gasteiger partial charge >= 0.3 is 0 Å². The van der Waals surface area contributed by atoms with Crippen LogP contribution in [0, 0.1) is 11.3 Å². The molecule has 0 saturated carbocycles. The summed E-state index contributed by atoms with van der Waals surface area (Å²) in [5.41, 5.74) is 0.439. The molecule has 1 heterocycles. The molecule has 84 valence electrons. The molecule has 0 amide bonds. The lowest BCUT2D eigenvalue weighted by atomic mass is 9.83. The second kappa shape index (κ2) is 4.22. The molecule has 14 heavy (non-hydrogen) atoms. The van der Waals surface area contributed by atoms with E-state index in [2.05, 4.69) is 46.4 Å². The Bertz CT molecular complexity index is 178. The van der Waals surface area contributed by atoms with Crippen LogP contribution in [-0.4, -0.2) is 23.5 Å². The van der Waals surface area contributed by atoms with Crippen LogP contribution in [0.3, 0.4) is 0 Å². The molecule has 1 heteroatoms. The van der Waals surface area contributed by atoms with E-state index in [4.69, 9.17) is 0 Å². The zero-order chi connectivity index (χ0) is 10.9. The van der Waals surface area contributed by atoms with Crippen LogP contribution >= 0.6 is 0 Å². The van der Waals surface area contributed by atoms with E-state index in [-0.39, 0.29) is 0 Å². The summed E-state index contributed by atoms with van der Waals surface area (Å²) in [5, 5.41) is 0. The lowest BCUT2D eigenvalue weighted by molar-refractivity contribution is 0.111. The van der Waals surface area contributed by atoms with E-state index in [0.717, 1.165) is 12.0 Å². The van der Waals surface area contributed by atoms with Crippen molar-refractivity contribution in [3.8, 4) is 0 Å². The van der Waals surface area contributed by atoms with Crippen LogP contribution in [0.1, 0.15) is 54.4 Å². The highest BCUT2D eigenvalue weighted by Crippen LogP contribution is 2.37. The average Bonchev–Trinajstić information content (AvgIpc) is 2.46. The highest BCUT2D eigenvalue weighted by atomic mass is 15.2. The van der Waals surface area contributed by atoms with Crippen LogP contribution in [0.25, 0.3) is 0 Å². The van der Waals surface area contributed by atoms with Gasteiger partial charge in [-0.3, -0.25) is 4.90 Å². The number of hydrogen-bond donors (Lipinski definition) is 0. The van der Waals surface area contributed by atoms with Crippen LogP contribution in [-0.2, 0) is 0 Å². The smallest absolute Gasteiger partial charge is 0.0150 e. The molecule has 0 radical (unpaired) electrons. The Kier molecular flexibility index (Phi) is 3.63. The lowest BCUT2D eigenvalue weighted by Gasteiger charge is -2.37. The summed E-state index contributed by atoms with van der Waals surface area (Å²) in [4.78, 5) is 2.70. The van der Waals surface area contributed by atoms with Gasteiger partial charge in [0.05, 0.1) is 0 Å². The fourth-order valence-corrected chi connectivity index (χ4v) is 2.67. The minimum Gasteiger partial charge on any atom is -0.297 e. The van der Waals surface area contributed by atoms with Crippen LogP contribution in [0.4, 0.5) is 0 Å². The minimum absolute atomic E-state index is 0.439. The SMILES string of the molecule is CCC1C[C@@H](C(C)(C)C)N(C(C)C)C1. The highest BCUT2D eigenvalue weighted by Gasteiger charge is 2.39. The molecule has 1 aliphatic heterocycles. The van der Waals surface area contributed by atoms with Crippen molar-refractivity contribution in [1.29, 1.82) is 0 Å². The summed E-state index contributed by atoms with van der Waals surface area (Å²) < 4.78 is 0. The molecule has 0 spiro atoms. The fraction of sp³-hybridized carbons (Fsp3) is 1.00. The second-order valence-electron chi connectivity index (χ2n) is 6.18. The Morgan fingerprint density at radius 1 is 1.29 bits per heavy atom. The van der Waals surface area contributed by atoms with Crippen molar-refractivity contribution >= 4 is 0 Å². The molecule has 1 aliphatic rings. The van der Waals surface area contributed by atoms with E-state index in [9.17, 15) is 0 Å². The number of rotatable bonds is 2. The van der Waals surface area contributed by atoms with E-state index >= 15 is 0 Å². The predicted octanol–water partition coefficient (Wildman–Crippen LogP) is 3.54. The topological polar surface area (TPSA) is 3.24 Å². The molecule has 1 saturated heterocycles. The van der Waals surface area contributed by atoms with Crippen LogP contribution in [0.15, 0.2) is 0 Å². The largest absolute Gasteiger partial charge is 0.297 e. The molecule has 0 aliphatic carbocycles. The lowest BCUT2D eigenvalue weighted by Crippen LogP contribution is -2.43. The standard InChI is InChI=1S/C13H27N/c1-7-11-8-12(13(4,5)6)14(9-11)10(2)3/h10-12H,7-9H2,1-6H3/t11?,12-/m0/s1. The molecule has 0 aromatic rings. The maximum atomic E-state index is 2.70. The molecule has 0 N–H and O–H groups in total. The van der Waals surface area contributed by atoms with E-state index in [0.29, 0.717) is 11.5 Å². The van der Waals surface area contributed by atoms with Crippen molar-refractivity contribution in [3.63, 3.8) is 0 Å². The third-order valence-electron chi connectivity index (χ3n) is 3.67. The van der Waals surface area contributed by atoms with Gasteiger partial charge in [0.15, 0.2) is 0 Å². The second-order valence-corrected chi connectivity index (χ2v) is 6.18. The van der Waals surface area contributed by atoms with Gasteiger partial charge in [-0.05, 0) is 31.6 Å². The number of nitrogens with zero attached hydrogens (tertiary/aromatic N) is 1. The zero-order valence-corrected chi connectivity index (χ0v) is 10.8. The van der Waals surface area contributed by atoms with Crippen molar-refractivity contribution in [2.24, 2.45) is 11.3 Å². The first-order valence-electron chi connectivity index (χ1n) is 6.12. The van der Waals surface area contributed by atoms with E-state index in [1.54, 1.807) is 0 Å². The van der Waals surface area contributed by atoms with E-state index in [1.807, 2.05) is 0 Å². The van der Waals surface area contributed by atoms with Gasteiger partial charge in [-0.15, -0.1) is 0 Å². The third kappa shape index (κ3) is 2.50. The molecule has 0 aromatic heterocycles. The zero-order valence-electron chi connectivity index (χ0n) is 10.8. The Balaban J connectivity index is 2.72. The molecule has 1 unspecified atom stereocenters. The van der Waals surface area contributed by atoms with Crippen LogP contribution in [0.2, 0.25) is 0 Å². The normalized spacial score (nSPS) is 30.2. The van der Waals surface area contributed by atoms with Gasteiger partial charge in [0, 0.05) is 18.6 Å². The molecular formula is C13H27N. The monoisotopic (exact) mass is 197 g/mol. The third-order valence-corrected chi connectivity index (χ3v) is 3.67.